The molecule has 3 N–H and O–H groups in total. The summed E-state index contributed by atoms with van der Waals surface area (Å²) < 4.78 is 5.20. The Kier molecular flexibility index (Phi) is 4.45. The molecule has 0 atom stereocenters. The average Bonchev–Trinajstić information content (AvgIpc) is 2.70. The maximum absolute atomic E-state index is 9.99. The molecule has 0 unspecified atom stereocenters. The van der Waals surface area contributed by atoms with Gasteiger partial charge in [0.1, 0.15) is 17.3 Å². The van der Waals surface area contributed by atoms with Crippen molar-refractivity contribution in [1.29, 1.82) is 0 Å². The number of phenols is 1. The van der Waals surface area contributed by atoms with Crippen molar-refractivity contribution in [2.45, 2.75) is 0 Å². The molecule has 27 heavy (non-hydrogen) atoms. The predicted molar refractivity (Wildman–Crippen MR) is 107 cm³/mol. The molecule has 0 saturated carbocycles. The van der Waals surface area contributed by atoms with E-state index in [1.165, 1.54) is 0 Å². The number of benzene rings is 3. The van der Waals surface area contributed by atoms with Gasteiger partial charge in [-0.05, 0) is 48.5 Å². The number of para-hydroxylation sites is 3. The number of hydrogen-bond acceptors (Lipinski definition) is 6. The van der Waals surface area contributed by atoms with E-state index in [1.54, 1.807) is 25.3 Å². The Labute approximate surface area is 156 Å². The summed E-state index contributed by atoms with van der Waals surface area (Å²) in [4.78, 5) is 9.15. The maximum Gasteiger partial charge on any atom is 0.229 e. The summed E-state index contributed by atoms with van der Waals surface area (Å²) in [6, 6.07) is 22.3. The first-order valence-electron chi connectivity index (χ1n) is 8.46. The lowest BCUT2D eigenvalue weighted by atomic mass is 10.2. The molecule has 6 nitrogen and oxygen atoms in total. The molecule has 0 aliphatic carbocycles. The third-order valence-corrected chi connectivity index (χ3v) is 4.11. The zero-order chi connectivity index (χ0) is 18.6. The first-order valence-corrected chi connectivity index (χ1v) is 8.46. The molecule has 3 aromatic carbocycles. The van der Waals surface area contributed by atoms with E-state index in [9.17, 15) is 5.11 Å². The van der Waals surface area contributed by atoms with Crippen LogP contribution in [0.4, 0.5) is 23.1 Å². The zero-order valence-corrected chi connectivity index (χ0v) is 14.7. The molecule has 0 saturated heterocycles. The SMILES string of the molecule is COc1ccc(Nc2nc(Nc3ccccc3O)nc3ccccc23)cc1. The van der Waals surface area contributed by atoms with Crippen LogP contribution in [-0.2, 0) is 0 Å². The van der Waals surface area contributed by atoms with Gasteiger partial charge in [0.2, 0.25) is 5.95 Å². The van der Waals surface area contributed by atoms with Crippen LogP contribution in [0.3, 0.4) is 0 Å². The summed E-state index contributed by atoms with van der Waals surface area (Å²) in [5.41, 5.74) is 2.22. The van der Waals surface area contributed by atoms with Crippen molar-refractivity contribution in [1.82, 2.24) is 9.97 Å². The maximum atomic E-state index is 9.99. The van der Waals surface area contributed by atoms with Crippen LogP contribution in [0.15, 0.2) is 72.8 Å². The fraction of sp³-hybridized carbons (Fsp3) is 0.0476. The minimum Gasteiger partial charge on any atom is -0.506 e. The standard InChI is InChI=1S/C21H18N4O2/c1-27-15-12-10-14(11-13-15)22-20-16-6-2-3-7-17(16)23-21(25-20)24-18-8-4-5-9-19(18)26/h2-13,26H,1H3,(H2,22,23,24,25). The van der Waals surface area contributed by atoms with Crippen molar-refractivity contribution in [3.8, 4) is 11.5 Å². The van der Waals surface area contributed by atoms with Crippen LogP contribution in [0.5, 0.6) is 11.5 Å². The number of ether oxygens (including phenoxy) is 1. The van der Waals surface area contributed by atoms with Crippen molar-refractivity contribution in [3.05, 3.63) is 72.8 Å². The minimum absolute atomic E-state index is 0.138. The van der Waals surface area contributed by atoms with Gasteiger partial charge in [0.05, 0.1) is 18.3 Å². The smallest absolute Gasteiger partial charge is 0.229 e. The van der Waals surface area contributed by atoms with Crippen molar-refractivity contribution >= 4 is 34.0 Å². The molecule has 0 spiro atoms. The third kappa shape index (κ3) is 3.59. The van der Waals surface area contributed by atoms with Crippen LogP contribution in [-0.4, -0.2) is 22.2 Å². The van der Waals surface area contributed by atoms with Gasteiger partial charge < -0.3 is 20.5 Å². The first-order chi connectivity index (χ1) is 13.2. The van der Waals surface area contributed by atoms with E-state index in [0.29, 0.717) is 17.5 Å². The zero-order valence-electron chi connectivity index (χ0n) is 14.7. The summed E-state index contributed by atoms with van der Waals surface area (Å²) >= 11 is 0. The van der Waals surface area contributed by atoms with E-state index in [2.05, 4.69) is 20.6 Å². The van der Waals surface area contributed by atoms with Gasteiger partial charge in [0.25, 0.3) is 0 Å². The van der Waals surface area contributed by atoms with E-state index in [4.69, 9.17) is 4.74 Å². The second kappa shape index (κ2) is 7.21. The van der Waals surface area contributed by atoms with Crippen LogP contribution in [0.25, 0.3) is 10.9 Å². The van der Waals surface area contributed by atoms with Crippen molar-refractivity contribution < 1.29 is 9.84 Å². The fourth-order valence-electron chi connectivity index (χ4n) is 2.74. The molecule has 0 aliphatic rings. The van der Waals surface area contributed by atoms with Gasteiger partial charge in [-0.15, -0.1) is 0 Å². The monoisotopic (exact) mass is 358 g/mol. The van der Waals surface area contributed by atoms with Gasteiger partial charge in [0.15, 0.2) is 0 Å². The number of hydrogen-bond donors (Lipinski definition) is 3. The van der Waals surface area contributed by atoms with E-state index < -0.39 is 0 Å². The molecular formula is C21H18N4O2. The van der Waals surface area contributed by atoms with Gasteiger partial charge in [-0.3, -0.25) is 0 Å². The number of fused-ring (bicyclic) bond motifs is 1. The van der Waals surface area contributed by atoms with Crippen LogP contribution in [0.1, 0.15) is 0 Å². The third-order valence-electron chi connectivity index (χ3n) is 4.11. The lowest BCUT2D eigenvalue weighted by Gasteiger charge is -2.13. The summed E-state index contributed by atoms with van der Waals surface area (Å²) in [5, 5.41) is 17.3. The lowest BCUT2D eigenvalue weighted by molar-refractivity contribution is 0.415. The molecule has 0 bridgehead atoms. The molecule has 1 heterocycles. The van der Waals surface area contributed by atoms with Gasteiger partial charge >= 0.3 is 0 Å². The number of rotatable bonds is 5. The largest absolute Gasteiger partial charge is 0.506 e. The fourth-order valence-corrected chi connectivity index (χ4v) is 2.74. The normalized spacial score (nSPS) is 10.6. The number of anilines is 4. The molecule has 134 valence electrons. The van der Waals surface area contributed by atoms with Gasteiger partial charge in [-0.1, -0.05) is 24.3 Å². The molecule has 4 rings (SSSR count). The molecule has 4 aromatic rings. The number of methoxy groups -OCH3 is 1. The summed E-state index contributed by atoms with van der Waals surface area (Å²) in [7, 11) is 1.64. The highest BCUT2D eigenvalue weighted by molar-refractivity contribution is 5.92. The van der Waals surface area contributed by atoms with Crippen LogP contribution < -0.4 is 15.4 Å². The number of nitrogens with one attached hydrogen (secondary N) is 2. The quantitative estimate of drug-likeness (QED) is 0.443. The first kappa shape index (κ1) is 16.7. The number of phenolic OH excluding ortho intramolecular Hbond substituents is 1. The Balaban J connectivity index is 1.72. The topological polar surface area (TPSA) is 79.3 Å². The van der Waals surface area contributed by atoms with E-state index in [1.807, 2.05) is 54.6 Å². The summed E-state index contributed by atoms with van der Waals surface area (Å²) in [6.07, 6.45) is 0. The second-order valence-electron chi connectivity index (χ2n) is 5.91. The van der Waals surface area contributed by atoms with Crippen LogP contribution >= 0.6 is 0 Å². The average molecular weight is 358 g/mol. The highest BCUT2D eigenvalue weighted by Crippen LogP contribution is 2.29. The molecule has 6 heteroatoms. The van der Waals surface area contributed by atoms with Crippen molar-refractivity contribution in [3.63, 3.8) is 0 Å². The lowest BCUT2D eigenvalue weighted by Crippen LogP contribution is -2.02. The Morgan fingerprint density at radius 1 is 0.815 bits per heavy atom. The molecule has 0 fully saturated rings. The second-order valence-corrected chi connectivity index (χ2v) is 5.91. The number of nitrogens with zero attached hydrogens (tertiary/aromatic N) is 2. The number of aromatic hydroxyl groups is 1. The Bertz CT molecular complexity index is 1080. The molecule has 0 amide bonds. The number of aromatic nitrogens is 2. The summed E-state index contributed by atoms with van der Waals surface area (Å²) in [6.45, 7) is 0. The van der Waals surface area contributed by atoms with E-state index in [-0.39, 0.29) is 5.75 Å². The van der Waals surface area contributed by atoms with Gasteiger partial charge in [-0.2, -0.15) is 4.98 Å². The predicted octanol–water partition coefficient (Wildman–Crippen LogP) is 4.83. The Hall–Kier alpha value is -3.80. The van der Waals surface area contributed by atoms with Crippen molar-refractivity contribution in [2.24, 2.45) is 0 Å². The van der Waals surface area contributed by atoms with Gasteiger partial charge in [0, 0.05) is 11.1 Å². The van der Waals surface area contributed by atoms with Gasteiger partial charge in [-0.25, -0.2) is 4.98 Å². The molecule has 0 aliphatic heterocycles. The summed E-state index contributed by atoms with van der Waals surface area (Å²) in [5.74, 6) is 1.99. The minimum atomic E-state index is 0.138. The van der Waals surface area contributed by atoms with Crippen LogP contribution in [0, 0.1) is 0 Å². The highest BCUT2D eigenvalue weighted by Gasteiger charge is 2.10. The van der Waals surface area contributed by atoms with E-state index >= 15 is 0 Å². The van der Waals surface area contributed by atoms with Crippen LogP contribution in [0.2, 0.25) is 0 Å². The molecular weight excluding hydrogens is 340 g/mol. The molecule has 1 aromatic heterocycles. The molecule has 0 radical (unpaired) electrons. The highest BCUT2D eigenvalue weighted by atomic mass is 16.5. The Morgan fingerprint density at radius 2 is 1.56 bits per heavy atom. The Morgan fingerprint density at radius 3 is 2.33 bits per heavy atom. The van der Waals surface area contributed by atoms with E-state index in [0.717, 1.165) is 22.3 Å². The van der Waals surface area contributed by atoms with Crippen molar-refractivity contribution in [2.75, 3.05) is 17.7 Å².